The molecule has 106 heavy (non-hydrogen) atoms. The fraction of sp³-hybridized carbons (Fsp3) is 0. The van der Waals surface area contributed by atoms with Crippen molar-refractivity contribution in [3.05, 3.63) is 400 Å². The highest BCUT2D eigenvalue weighted by atomic mass is 32.1. The van der Waals surface area contributed by atoms with E-state index in [0.717, 1.165) is 123 Å². The molecule has 0 aliphatic heterocycles. The second kappa shape index (κ2) is 26.2. The predicted octanol–water partition coefficient (Wildman–Crippen LogP) is 28.5. The molecule has 5 nitrogen and oxygen atoms in total. The van der Waals surface area contributed by atoms with Crippen LogP contribution >= 0.6 is 11.3 Å². The van der Waals surface area contributed by atoms with Crippen LogP contribution in [0.15, 0.2) is 405 Å². The van der Waals surface area contributed by atoms with Gasteiger partial charge in [0.15, 0.2) is 0 Å². The van der Waals surface area contributed by atoms with Crippen molar-refractivity contribution in [2.24, 2.45) is 0 Å². The number of benzene rings is 16. The molecule has 0 atom stereocenters. The van der Waals surface area contributed by atoms with Gasteiger partial charge < -0.3 is 23.4 Å². The number of hydrogen-bond acceptors (Lipinski definition) is 4. The van der Waals surface area contributed by atoms with E-state index in [1.165, 1.54) is 64.7 Å². The Morgan fingerprint density at radius 3 is 1.08 bits per heavy atom. The number of furan rings is 1. The van der Waals surface area contributed by atoms with Crippen LogP contribution in [-0.4, -0.2) is 9.13 Å². The van der Waals surface area contributed by atoms with Gasteiger partial charge in [-0.2, -0.15) is 0 Å². The number of anilines is 6. The van der Waals surface area contributed by atoms with Crippen molar-refractivity contribution in [2.45, 2.75) is 0 Å². The molecule has 0 radical (unpaired) electrons. The zero-order valence-electron chi connectivity index (χ0n) is 57.7. The second-order valence-electron chi connectivity index (χ2n) is 27.2. The predicted molar refractivity (Wildman–Crippen MR) is 448 cm³/mol. The summed E-state index contributed by atoms with van der Waals surface area (Å²) < 4.78 is 11.4. The molecule has 4 aromatic heterocycles. The van der Waals surface area contributed by atoms with Gasteiger partial charge in [0.1, 0.15) is 11.2 Å². The summed E-state index contributed by atoms with van der Waals surface area (Å²) in [6, 6.07) is 146. The molecular weight excluding hydrogens is 1310 g/mol. The minimum Gasteiger partial charge on any atom is -0.455 e. The maximum absolute atomic E-state index is 6.55. The summed E-state index contributed by atoms with van der Waals surface area (Å²) in [5, 5.41) is 7.01. The second-order valence-corrected chi connectivity index (χ2v) is 28.3. The third-order valence-electron chi connectivity index (χ3n) is 21.0. The molecule has 0 unspecified atom stereocenters. The molecular formula is C100H66N4OS. The van der Waals surface area contributed by atoms with Crippen LogP contribution < -0.4 is 9.80 Å². The summed E-state index contributed by atoms with van der Waals surface area (Å²) >= 11 is 1.82. The van der Waals surface area contributed by atoms with Gasteiger partial charge in [0.05, 0.1) is 22.1 Å². The lowest BCUT2D eigenvalue weighted by molar-refractivity contribution is 0.670. The number of nitrogens with zero attached hydrogens (tertiary/aromatic N) is 4. The quantitative estimate of drug-likeness (QED) is 0.102. The molecule has 0 aliphatic carbocycles. The van der Waals surface area contributed by atoms with Crippen LogP contribution in [0.4, 0.5) is 34.1 Å². The smallest absolute Gasteiger partial charge is 0.143 e. The minimum absolute atomic E-state index is 0.892. The van der Waals surface area contributed by atoms with E-state index < -0.39 is 0 Å². The average molecular weight is 1370 g/mol. The van der Waals surface area contributed by atoms with Crippen molar-refractivity contribution in [1.29, 1.82) is 0 Å². The highest BCUT2D eigenvalue weighted by Crippen LogP contribution is 2.46. The van der Waals surface area contributed by atoms with E-state index in [4.69, 9.17) is 4.42 Å². The highest BCUT2D eigenvalue weighted by Gasteiger charge is 2.22. The molecule has 0 saturated carbocycles. The Balaban J connectivity index is 0.627. The normalized spacial score (nSPS) is 11.6. The minimum atomic E-state index is 0.892. The van der Waals surface area contributed by atoms with Gasteiger partial charge in [0.2, 0.25) is 0 Å². The number of thiophene rings is 1. The van der Waals surface area contributed by atoms with Gasteiger partial charge in [-0.25, -0.2) is 0 Å². The summed E-state index contributed by atoms with van der Waals surface area (Å²) in [5.41, 5.74) is 28.9. The molecule has 4 heterocycles. The van der Waals surface area contributed by atoms with Gasteiger partial charge in [0.25, 0.3) is 0 Å². The van der Waals surface area contributed by atoms with Crippen LogP contribution in [0, 0.1) is 0 Å². The van der Waals surface area contributed by atoms with Crippen molar-refractivity contribution >= 4 is 111 Å². The fourth-order valence-corrected chi connectivity index (χ4v) is 16.8. The molecule has 0 bridgehead atoms. The van der Waals surface area contributed by atoms with Gasteiger partial charge in [-0.15, -0.1) is 11.3 Å². The van der Waals surface area contributed by atoms with Crippen LogP contribution in [0.2, 0.25) is 0 Å². The van der Waals surface area contributed by atoms with E-state index in [1.54, 1.807) is 0 Å². The standard InChI is InChI=1S/C100H66N4OS/c1-4-19-67(20-5-1)69-37-48-78(49-38-69)101(79-50-39-70(40-51-79)68-21-6-2-7-22-68)80-52-41-71(42-53-80)77-47-59-95-91(65-77)87-29-10-13-34-93(87)103(95)83-27-16-25-75(63-83)76-26-17-28-84(64-76)104-94-35-14-11-30-88(94)92-66-85(58-60-96(92)104)102(82-56-45-74(46-57-82)99-62-61-98(106-99)73-23-8-3-9-24-73)81-54-43-72(44-55-81)86-32-18-33-90-89-31-12-15-36-97(89)105-100(86)90/h1-66H. The Morgan fingerprint density at radius 2 is 0.547 bits per heavy atom. The van der Waals surface area contributed by atoms with Crippen molar-refractivity contribution in [1.82, 2.24) is 9.13 Å². The maximum Gasteiger partial charge on any atom is 0.143 e. The molecule has 20 rings (SSSR count). The zero-order chi connectivity index (χ0) is 70.0. The zero-order valence-corrected chi connectivity index (χ0v) is 58.5. The van der Waals surface area contributed by atoms with E-state index in [1.807, 2.05) is 23.5 Å². The Labute approximate surface area is 618 Å². The van der Waals surface area contributed by atoms with Crippen LogP contribution in [0.25, 0.3) is 153 Å². The van der Waals surface area contributed by atoms with E-state index in [-0.39, 0.29) is 0 Å². The van der Waals surface area contributed by atoms with E-state index in [0.29, 0.717) is 0 Å². The first-order valence-corrected chi connectivity index (χ1v) is 36.9. The first kappa shape index (κ1) is 62.0. The summed E-state index contributed by atoms with van der Waals surface area (Å²) in [6.07, 6.45) is 0. The van der Waals surface area contributed by atoms with Crippen LogP contribution in [0.5, 0.6) is 0 Å². The summed E-state index contributed by atoms with van der Waals surface area (Å²) in [7, 11) is 0. The van der Waals surface area contributed by atoms with Gasteiger partial charge in [0, 0.05) is 93.1 Å². The SMILES string of the molecule is c1ccc(-c2ccc(N(c3ccc(-c4ccccc4)cc3)c3ccc(-c4ccc5c(c4)c4ccccc4n5-c4cccc(-c5cccc(-n6c7ccccc7c7cc(N(c8ccc(-c9ccc(-c%10ccccc%10)s9)cc8)c8ccc(-c9cccc%10c9oc9ccccc9%10)cc8)ccc76)c5)c4)cc3)cc2)cc1. The van der Waals surface area contributed by atoms with Crippen molar-refractivity contribution in [3.63, 3.8) is 0 Å². The van der Waals surface area contributed by atoms with Gasteiger partial charge in [-0.05, 0) is 207 Å². The van der Waals surface area contributed by atoms with Crippen LogP contribution in [0.3, 0.4) is 0 Å². The molecule has 0 fully saturated rings. The van der Waals surface area contributed by atoms with E-state index in [2.05, 4.69) is 407 Å². The lowest BCUT2D eigenvalue weighted by atomic mass is 10.0. The molecule has 0 N–H and O–H groups in total. The average Bonchev–Trinajstić information content (AvgIpc) is 1.59. The number of hydrogen-bond donors (Lipinski definition) is 0. The van der Waals surface area contributed by atoms with Crippen molar-refractivity contribution < 1.29 is 4.42 Å². The molecule has 6 heteroatoms. The molecule has 0 amide bonds. The van der Waals surface area contributed by atoms with Gasteiger partial charge in [-0.1, -0.05) is 255 Å². The van der Waals surface area contributed by atoms with Crippen LogP contribution in [0.1, 0.15) is 0 Å². The third kappa shape index (κ3) is 11.1. The Kier molecular flexibility index (Phi) is 15.4. The fourth-order valence-electron chi connectivity index (χ4n) is 15.8. The number of aromatic nitrogens is 2. The van der Waals surface area contributed by atoms with Crippen LogP contribution in [-0.2, 0) is 0 Å². The number of fused-ring (bicyclic) bond motifs is 9. The third-order valence-corrected chi connectivity index (χ3v) is 22.2. The van der Waals surface area contributed by atoms with E-state index in [9.17, 15) is 0 Å². The van der Waals surface area contributed by atoms with Gasteiger partial charge in [-0.3, -0.25) is 0 Å². The first-order chi connectivity index (χ1) is 52.5. The molecule has 16 aromatic carbocycles. The molecule has 0 spiro atoms. The first-order valence-electron chi connectivity index (χ1n) is 36.1. The maximum atomic E-state index is 6.55. The monoisotopic (exact) mass is 1370 g/mol. The number of rotatable bonds is 15. The lowest BCUT2D eigenvalue weighted by Gasteiger charge is -2.26. The summed E-state index contributed by atoms with van der Waals surface area (Å²) in [5.74, 6) is 0. The summed E-state index contributed by atoms with van der Waals surface area (Å²) in [4.78, 5) is 7.23. The molecule has 20 aromatic rings. The van der Waals surface area contributed by atoms with Crippen molar-refractivity contribution in [3.8, 4) is 87.9 Å². The topological polar surface area (TPSA) is 29.5 Å². The van der Waals surface area contributed by atoms with E-state index >= 15 is 0 Å². The highest BCUT2D eigenvalue weighted by molar-refractivity contribution is 7.18. The Hall–Kier alpha value is -13.8. The van der Waals surface area contributed by atoms with Crippen molar-refractivity contribution in [2.75, 3.05) is 9.80 Å². The lowest BCUT2D eigenvalue weighted by Crippen LogP contribution is -2.10. The number of para-hydroxylation sites is 4. The molecule has 0 aliphatic rings. The Morgan fingerprint density at radius 1 is 0.208 bits per heavy atom. The van der Waals surface area contributed by atoms with Gasteiger partial charge >= 0.3 is 0 Å². The molecule has 0 saturated heterocycles. The largest absolute Gasteiger partial charge is 0.455 e. The Bertz CT molecular complexity index is 6570. The summed E-state index contributed by atoms with van der Waals surface area (Å²) in [6.45, 7) is 0. The molecule has 498 valence electrons.